The van der Waals surface area contributed by atoms with E-state index in [1.807, 2.05) is 66.7 Å². The predicted molar refractivity (Wildman–Crippen MR) is 150 cm³/mol. The number of carbonyl (C=O) groups is 1. The number of amides is 1. The van der Waals surface area contributed by atoms with E-state index < -0.39 is 11.6 Å². The van der Waals surface area contributed by atoms with Crippen molar-refractivity contribution < 1.29 is 28.8 Å². The zero-order chi connectivity index (χ0) is 27.2. The standard InChI is InChI=1S/C30H29BrN2O6/c1-2-14-30(29(35)32-18-20-8-13-25-26(17-20)38-19-37-25)27(23-6-3-4-7-24(23)31)39-28(33-30)21-9-11-22(12-10-21)36-16-5-15-34/h2-4,6-13,17,27,34H,1,5,14-16,18-19H2,(H,32,35)/t27-,30-/m1/s1. The zero-order valence-electron chi connectivity index (χ0n) is 21.3. The smallest absolute Gasteiger partial charge is 0.252 e. The summed E-state index contributed by atoms with van der Waals surface area (Å²) in [5.41, 5.74) is 1.11. The van der Waals surface area contributed by atoms with E-state index in [4.69, 9.17) is 29.0 Å². The van der Waals surface area contributed by atoms with E-state index in [-0.39, 0.29) is 32.3 Å². The van der Waals surface area contributed by atoms with Gasteiger partial charge in [-0.15, -0.1) is 6.58 Å². The Kier molecular flexibility index (Phi) is 8.18. The lowest BCUT2D eigenvalue weighted by atomic mass is 9.84. The Balaban J connectivity index is 1.45. The van der Waals surface area contributed by atoms with E-state index in [1.54, 1.807) is 6.08 Å². The monoisotopic (exact) mass is 592 g/mol. The Hall–Kier alpha value is -3.82. The zero-order valence-corrected chi connectivity index (χ0v) is 22.9. The van der Waals surface area contributed by atoms with Gasteiger partial charge in [0.1, 0.15) is 5.75 Å². The molecule has 0 spiro atoms. The van der Waals surface area contributed by atoms with Crippen LogP contribution >= 0.6 is 15.9 Å². The van der Waals surface area contributed by atoms with Crippen molar-refractivity contribution in [1.29, 1.82) is 0 Å². The molecular weight excluding hydrogens is 564 g/mol. The number of carbonyl (C=O) groups excluding carboxylic acids is 1. The van der Waals surface area contributed by atoms with Crippen LogP contribution in [0.4, 0.5) is 0 Å². The minimum atomic E-state index is -1.28. The van der Waals surface area contributed by atoms with Crippen LogP contribution < -0.4 is 19.5 Å². The van der Waals surface area contributed by atoms with Gasteiger partial charge in [-0.1, -0.05) is 46.3 Å². The number of benzene rings is 3. The maximum atomic E-state index is 14.0. The van der Waals surface area contributed by atoms with Crippen LogP contribution in [0.2, 0.25) is 0 Å². The van der Waals surface area contributed by atoms with Crippen molar-refractivity contribution >= 4 is 27.7 Å². The summed E-state index contributed by atoms with van der Waals surface area (Å²) in [6, 6.07) is 20.6. The van der Waals surface area contributed by atoms with Crippen molar-refractivity contribution in [2.75, 3.05) is 20.0 Å². The van der Waals surface area contributed by atoms with Crippen LogP contribution in [0.1, 0.15) is 35.6 Å². The number of aliphatic hydroxyl groups excluding tert-OH is 1. The molecule has 9 heteroatoms. The minimum Gasteiger partial charge on any atom is -0.494 e. The third-order valence-corrected chi connectivity index (χ3v) is 7.29. The number of halogens is 1. The SMILES string of the molecule is C=CC[C@@]1(C(=O)NCc2ccc3c(c2)OCO3)N=C(c2ccc(OCCCO)cc2)O[C@@H]1c1ccccc1Br. The molecule has 0 radical (unpaired) electrons. The summed E-state index contributed by atoms with van der Waals surface area (Å²) >= 11 is 3.63. The largest absolute Gasteiger partial charge is 0.494 e. The summed E-state index contributed by atoms with van der Waals surface area (Å²) < 4.78 is 23.8. The lowest BCUT2D eigenvalue weighted by Crippen LogP contribution is -2.47. The Morgan fingerprint density at radius 3 is 2.72 bits per heavy atom. The maximum absolute atomic E-state index is 14.0. The number of nitrogens with zero attached hydrogens (tertiary/aromatic N) is 1. The van der Waals surface area contributed by atoms with E-state index in [9.17, 15) is 4.79 Å². The van der Waals surface area contributed by atoms with Crippen LogP contribution in [-0.4, -0.2) is 42.5 Å². The number of aliphatic imine (C=N–C) groups is 1. The van der Waals surface area contributed by atoms with Crippen LogP contribution in [-0.2, 0) is 16.1 Å². The summed E-state index contributed by atoms with van der Waals surface area (Å²) in [4.78, 5) is 18.9. The number of rotatable bonds is 11. The predicted octanol–water partition coefficient (Wildman–Crippen LogP) is 5.09. The molecule has 2 aliphatic rings. The molecule has 2 aliphatic heterocycles. The van der Waals surface area contributed by atoms with Gasteiger partial charge in [0.25, 0.3) is 5.91 Å². The Labute approximate surface area is 235 Å². The fraction of sp³-hybridized carbons (Fsp3) is 0.267. The first-order chi connectivity index (χ1) is 19.0. The summed E-state index contributed by atoms with van der Waals surface area (Å²) in [6.45, 7) is 4.88. The highest BCUT2D eigenvalue weighted by Crippen LogP contribution is 2.45. The van der Waals surface area contributed by atoms with Crippen LogP contribution in [0.5, 0.6) is 17.2 Å². The van der Waals surface area contributed by atoms with Gasteiger partial charge in [-0.2, -0.15) is 0 Å². The molecule has 39 heavy (non-hydrogen) atoms. The molecule has 0 aliphatic carbocycles. The normalized spacial score (nSPS) is 19.2. The number of aliphatic hydroxyl groups is 1. The van der Waals surface area contributed by atoms with Crippen molar-refractivity contribution in [3.05, 3.63) is 101 Å². The number of ether oxygens (including phenoxy) is 4. The first-order valence-corrected chi connectivity index (χ1v) is 13.5. The summed E-state index contributed by atoms with van der Waals surface area (Å²) in [5.74, 6) is 2.09. The third kappa shape index (κ3) is 5.65. The van der Waals surface area contributed by atoms with E-state index in [0.29, 0.717) is 36.2 Å². The molecule has 8 nitrogen and oxygen atoms in total. The lowest BCUT2D eigenvalue weighted by molar-refractivity contribution is -0.129. The van der Waals surface area contributed by atoms with Gasteiger partial charge in [0.2, 0.25) is 12.7 Å². The molecule has 2 atom stereocenters. The molecule has 0 fully saturated rings. The molecule has 202 valence electrons. The third-order valence-electron chi connectivity index (χ3n) is 6.56. The van der Waals surface area contributed by atoms with Crippen LogP contribution in [0, 0.1) is 0 Å². The molecule has 1 amide bonds. The first-order valence-electron chi connectivity index (χ1n) is 12.7. The lowest BCUT2D eigenvalue weighted by Gasteiger charge is -2.30. The van der Waals surface area contributed by atoms with Gasteiger partial charge in [-0.3, -0.25) is 4.79 Å². The highest BCUT2D eigenvalue weighted by atomic mass is 79.9. The van der Waals surface area contributed by atoms with Gasteiger partial charge in [0.15, 0.2) is 23.1 Å². The molecule has 0 saturated heterocycles. The van der Waals surface area contributed by atoms with Crippen LogP contribution in [0.15, 0.2) is 88.9 Å². The van der Waals surface area contributed by atoms with Crippen molar-refractivity contribution in [3.63, 3.8) is 0 Å². The Morgan fingerprint density at radius 1 is 1.15 bits per heavy atom. The number of hydrogen-bond acceptors (Lipinski definition) is 7. The molecule has 5 rings (SSSR count). The second-order valence-corrected chi connectivity index (χ2v) is 10.0. The highest BCUT2D eigenvalue weighted by Gasteiger charge is 2.52. The molecule has 3 aromatic carbocycles. The van der Waals surface area contributed by atoms with Gasteiger partial charge >= 0.3 is 0 Å². The topological polar surface area (TPSA) is 98.6 Å². The van der Waals surface area contributed by atoms with Gasteiger partial charge < -0.3 is 29.4 Å². The molecule has 0 bridgehead atoms. The molecule has 0 saturated carbocycles. The van der Waals surface area contributed by atoms with Crippen molar-refractivity contribution in [2.45, 2.75) is 31.0 Å². The summed E-state index contributed by atoms with van der Waals surface area (Å²) in [6.07, 6.45) is 1.81. The summed E-state index contributed by atoms with van der Waals surface area (Å²) in [5, 5.41) is 12.0. The maximum Gasteiger partial charge on any atom is 0.252 e. The van der Waals surface area contributed by atoms with E-state index in [0.717, 1.165) is 21.2 Å². The number of fused-ring (bicyclic) bond motifs is 1. The molecule has 3 aromatic rings. The number of nitrogens with one attached hydrogen (secondary N) is 1. The van der Waals surface area contributed by atoms with Gasteiger partial charge in [-0.25, -0.2) is 4.99 Å². The van der Waals surface area contributed by atoms with Crippen molar-refractivity contribution in [1.82, 2.24) is 5.32 Å². The molecular formula is C30H29BrN2O6. The fourth-order valence-corrected chi connectivity index (χ4v) is 5.08. The molecule has 0 unspecified atom stereocenters. The average molecular weight is 593 g/mol. The van der Waals surface area contributed by atoms with Crippen molar-refractivity contribution in [3.8, 4) is 17.2 Å². The fourth-order valence-electron chi connectivity index (χ4n) is 4.59. The van der Waals surface area contributed by atoms with E-state index in [2.05, 4.69) is 27.8 Å². The van der Waals surface area contributed by atoms with Gasteiger partial charge in [0, 0.05) is 41.6 Å². The Morgan fingerprint density at radius 2 is 1.95 bits per heavy atom. The van der Waals surface area contributed by atoms with E-state index >= 15 is 0 Å². The average Bonchev–Trinajstić information content (AvgIpc) is 3.58. The quantitative estimate of drug-likeness (QED) is 0.238. The van der Waals surface area contributed by atoms with E-state index in [1.165, 1.54) is 0 Å². The first kappa shape index (κ1) is 26.8. The van der Waals surface area contributed by atoms with Gasteiger partial charge in [-0.05, 0) is 48.0 Å². The van der Waals surface area contributed by atoms with Crippen molar-refractivity contribution in [2.24, 2.45) is 4.99 Å². The van der Waals surface area contributed by atoms with Crippen LogP contribution in [0.3, 0.4) is 0 Å². The Bertz CT molecular complexity index is 1380. The van der Waals surface area contributed by atoms with Gasteiger partial charge in [0.05, 0.1) is 6.61 Å². The second-order valence-electron chi connectivity index (χ2n) is 9.17. The molecule has 2 heterocycles. The molecule has 0 aromatic heterocycles. The highest BCUT2D eigenvalue weighted by molar-refractivity contribution is 9.10. The summed E-state index contributed by atoms with van der Waals surface area (Å²) in [7, 11) is 0. The minimum absolute atomic E-state index is 0.0707. The molecule has 2 N–H and O–H groups in total. The number of hydrogen-bond donors (Lipinski definition) is 2. The second kappa shape index (κ2) is 11.9. The van der Waals surface area contributed by atoms with Crippen LogP contribution in [0.25, 0.3) is 0 Å².